The Bertz CT molecular complexity index is 1330. The fraction of sp³-hybridized carbons (Fsp3) is 0.310. The van der Waals surface area contributed by atoms with Crippen molar-refractivity contribution >= 4 is 28.1 Å². The highest BCUT2D eigenvalue weighted by Gasteiger charge is 2.41. The molecule has 1 N–H and O–H groups in total. The number of nitrogens with one attached hydrogen (secondary N) is 1. The molecule has 4 aromatic rings. The van der Waals surface area contributed by atoms with Crippen molar-refractivity contribution in [1.29, 1.82) is 0 Å². The highest BCUT2D eigenvalue weighted by atomic mass is 32.1. The van der Waals surface area contributed by atoms with Gasteiger partial charge in [-0.1, -0.05) is 36.4 Å². The van der Waals surface area contributed by atoms with Crippen molar-refractivity contribution in [2.45, 2.75) is 18.5 Å². The Kier molecular flexibility index (Phi) is 6.68. The zero-order valence-corrected chi connectivity index (χ0v) is 21.1. The molecule has 0 bridgehead atoms. The molecule has 184 valence electrons. The standard InChI is InChI=1S/C29H31N5OS/c36-29-31-27(25-9-3-4-13-30-25)28(34(29)16-6-14-32-17-19-35-20-18-32)26-10-5-15-33(26)24-12-11-22-7-1-2-8-23(22)21-24/h1-5,7-13,15,21,27-28H,6,14,16-20H2,(H,31,36)/t27-,28+/m0/s1. The molecule has 2 aromatic carbocycles. The van der Waals surface area contributed by atoms with Gasteiger partial charge in [-0.15, -0.1) is 0 Å². The molecule has 2 aromatic heterocycles. The van der Waals surface area contributed by atoms with Gasteiger partial charge in [0.05, 0.1) is 31.0 Å². The van der Waals surface area contributed by atoms with Gasteiger partial charge in [-0.3, -0.25) is 9.88 Å². The molecule has 0 spiro atoms. The summed E-state index contributed by atoms with van der Waals surface area (Å²) in [6.07, 6.45) is 5.06. The second kappa shape index (κ2) is 10.4. The largest absolute Gasteiger partial charge is 0.379 e. The maximum Gasteiger partial charge on any atom is 0.170 e. The summed E-state index contributed by atoms with van der Waals surface area (Å²) in [6.45, 7) is 5.61. The van der Waals surface area contributed by atoms with Gasteiger partial charge in [0.2, 0.25) is 0 Å². The van der Waals surface area contributed by atoms with Crippen LogP contribution < -0.4 is 5.32 Å². The number of aromatic nitrogens is 2. The minimum Gasteiger partial charge on any atom is -0.379 e. The highest BCUT2D eigenvalue weighted by molar-refractivity contribution is 7.80. The molecule has 2 aliphatic heterocycles. The molecule has 2 saturated heterocycles. The Hall–Kier alpha value is -3.26. The van der Waals surface area contributed by atoms with E-state index in [4.69, 9.17) is 21.9 Å². The molecule has 0 radical (unpaired) electrons. The lowest BCUT2D eigenvalue weighted by Crippen LogP contribution is -2.39. The minimum atomic E-state index is -0.0174. The Labute approximate surface area is 217 Å². The van der Waals surface area contributed by atoms with E-state index in [9.17, 15) is 0 Å². The summed E-state index contributed by atoms with van der Waals surface area (Å²) in [4.78, 5) is 9.55. The molecule has 2 fully saturated rings. The number of benzene rings is 2. The van der Waals surface area contributed by atoms with Crippen LogP contribution in [0.25, 0.3) is 16.5 Å². The van der Waals surface area contributed by atoms with Crippen molar-refractivity contribution in [2.75, 3.05) is 39.4 Å². The van der Waals surface area contributed by atoms with Crippen molar-refractivity contribution in [3.05, 3.63) is 96.6 Å². The summed E-state index contributed by atoms with van der Waals surface area (Å²) in [7, 11) is 0. The Morgan fingerprint density at radius 3 is 2.58 bits per heavy atom. The summed E-state index contributed by atoms with van der Waals surface area (Å²) in [5, 5.41) is 6.88. The SMILES string of the molecule is S=C1N[C@@H](c2ccccn2)[C@@H](c2cccn2-c2ccc3ccccc3c2)N1CCCN1CCOCC1. The van der Waals surface area contributed by atoms with Crippen LogP contribution in [0.3, 0.4) is 0 Å². The summed E-state index contributed by atoms with van der Waals surface area (Å²) >= 11 is 5.91. The second-order valence-electron chi connectivity index (χ2n) is 9.46. The monoisotopic (exact) mass is 497 g/mol. The van der Waals surface area contributed by atoms with Crippen LogP contribution >= 0.6 is 12.2 Å². The van der Waals surface area contributed by atoms with Crippen molar-refractivity contribution in [1.82, 2.24) is 24.7 Å². The number of morpholine rings is 1. The average Bonchev–Trinajstić information content (AvgIpc) is 3.54. The summed E-state index contributed by atoms with van der Waals surface area (Å²) in [5.74, 6) is 0. The zero-order valence-electron chi connectivity index (χ0n) is 20.3. The third-order valence-corrected chi connectivity index (χ3v) is 7.62. The average molecular weight is 498 g/mol. The first-order valence-corrected chi connectivity index (χ1v) is 13.1. The van der Waals surface area contributed by atoms with Crippen molar-refractivity contribution in [3.63, 3.8) is 0 Å². The normalized spacial score (nSPS) is 20.7. The molecular formula is C29H31N5OS. The topological polar surface area (TPSA) is 45.6 Å². The molecule has 7 heteroatoms. The first-order valence-electron chi connectivity index (χ1n) is 12.7. The van der Waals surface area contributed by atoms with Gasteiger partial charge in [-0.2, -0.15) is 0 Å². The van der Waals surface area contributed by atoms with Crippen LogP contribution in [0, 0.1) is 0 Å². The van der Waals surface area contributed by atoms with Crippen LogP contribution in [-0.2, 0) is 4.74 Å². The molecule has 2 atom stereocenters. The Morgan fingerprint density at radius 1 is 0.917 bits per heavy atom. The van der Waals surface area contributed by atoms with Crippen LogP contribution in [0.5, 0.6) is 0 Å². The maximum atomic E-state index is 5.91. The molecule has 6 nitrogen and oxygen atoms in total. The highest BCUT2D eigenvalue weighted by Crippen LogP contribution is 2.39. The van der Waals surface area contributed by atoms with Crippen LogP contribution in [0.4, 0.5) is 0 Å². The van der Waals surface area contributed by atoms with Crippen LogP contribution in [0.15, 0.2) is 85.2 Å². The number of ether oxygens (including phenoxy) is 1. The second-order valence-corrected chi connectivity index (χ2v) is 9.85. The predicted octanol–water partition coefficient (Wildman–Crippen LogP) is 4.72. The van der Waals surface area contributed by atoms with Gasteiger partial charge in [0.25, 0.3) is 0 Å². The molecular weight excluding hydrogens is 466 g/mol. The van der Waals surface area contributed by atoms with E-state index in [2.05, 4.69) is 86.5 Å². The van der Waals surface area contributed by atoms with Gasteiger partial charge in [-0.25, -0.2) is 0 Å². The smallest absolute Gasteiger partial charge is 0.170 e. The lowest BCUT2D eigenvalue weighted by atomic mass is 10.0. The first-order chi connectivity index (χ1) is 17.8. The van der Waals surface area contributed by atoms with E-state index in [1.807, 2.05) is 18.3 Å². The van der Waals surface area contributed by atoms with Crippen molar-refractivity contribution < 1.29 is 4.74 Å². The Balaban J connectivity index is 1.33. The fourth-order valence-corrected chi connectivity index (χ4v) is 5.79. The lowest BCUT2D eigenvalue weighted by molar-refractivity contribution is 0.0365. The predicted molar refractivity (Wildman–Crippen MR) is 147 cm³/mol. The number of rotatable bonds is 7. The number of pyridine rings is 1. The van der Waals surface area contributed by atoms with Gasteiger partial charge in [0.15, 0.2) is 5.11 Å². The summed E-state index contributed by atoms with van der Waals surface area (Å²) in [6, 6.07) is 25.6. The minimum absolute atomic E-state index is 0.0174. The lowest BCUT2D eigenvalue weighted by Gasteiger charge is -2.31. The molecule has 0 amide bonds. The zero-order chi connectivity index (χ0) is 24.3. The molecule has 0 unspecified atom stereocenters. The van der Waals surface area contributed by atoms with Gasteiger partial charge in [-0.05, 0) is 65.8 Å². The van der Waals surface area contributed by atoms with E-state index in [0.717, 1.165) is 62.3 Å². The number of nitrogens with zero attached hydrogens (tertiary/aromatic N) is 4. The number of hydrogen-bond donors (Lipinski definition) is 1. The number of hydrogen-bond acceptors (Lipinski definition) is 4. The van der Waals surface area contributed by atoms with Crippen LogP contribution in [0.2, 0.25) is 0 Å². The van der Waals surface area contributed by atoms with Gasteiger partial charge in [0, 0.05) is 50.0 Å². The Morgan fingerprint density at radius 2 is 1.75 bits per heavy atom. The molecule has 36 heavy (non-hydrogen) atoms. The quantitative estimate of drug-likeness (QED) is 0.373. The third-order valence-electron chi connectivity index (χ3n) is 7.27. The van der Waals surface area contributed by atoms with Gasteiger partial charge in [0.1, 0.15) is 0 Å². The third kappa shape index (κ3) is 4.62. The molecule has 4 heterocycles. The van der Waals surface area contributed by atoms with E-state index in [1.165, 1.54) is 16.5 Å². The maximum absolute atomic E-state index is 5.91. The van der Waals surface area contributed by atoms with E-state index in [0.29, 0.717) is 0 Å². The first kappa shape index (κ1) is 23.2. The van der Waals surface area contributed by atoms with E-state index in [-0.39, 0.29) is 12.1 Å². The molecule has 0 aliphatic carbocycles. The van der Waals surface area contributed by atoms with Gasteiger partial charge >= 0.3 is 0 Å². The fourth-order valence-electron chi connectivity index (χ4n) is 5.45. The molecule has 0 saturated carbocycles. The van der Waals surface area contributed by atoms with Crippen LogP contribution in [0.1, 0.15) is 29.9 Å². The molecule has 2 aliphatic rings. The number of thiocarbonyl (C=S) groups is 1. The van der Waals surface area contributed by atoms with E-state index in [1.54, 1.807) is 0 Å². The number of fused-ring (bicyclic) bond motifs is 1. The summed E-state index contributed by atoms with van der Waals surface area (Å²) < 4.78 is 7.82. The van der Waals surface area contributed by atoms with Gasteiger partial charge < -0.3 is 19.5 Å². The molecule has 6 rings (SSSR count). The van der Waals surface area contributed by atoms with E-state index < -0.39 is 0 Å². The van der Waals surface area contributed by atoms with E-state index >= 15 is 0 Å². The van der Waals surface area contributed by atoms with Crippen molar-refractivity contribution in [2.24, 2.45) is 0 Å². The summed E-state index contributed by atoms with van der Waals surface area (Å²) in [5.41, 5.74) is 3.37. The van der Waals surface area contributed by atoms with Crippen molar-refractivity contribution in [3.8, 4) is 5.69 Å². The van der Waals surface area contributed by atoms with Crippen LogP contribution in [-0.4, -0.2) is 63.9 Å².